The molecule has 2 heteroatoms. The van der Waals surface area contributed by atoms with Gasteiger partial charge in [0.1, 0.15) is 15.1 Å². The Hall–Kier alpha value is 0.130. The van der Waals surface area contributed by atoms with Crippen LogP contribution >= 0.6 is 0 Å². The Morgan fingerprint density at radius 1 is 0.542 bits per heavy atom. The van der Waals surface area contributed by atoms with Gasteiger partial charge >= 0.3 is 0 Å². The predicted molar refractivity (Wildman–Crippen MR) is 113 cm³/mol. The maximum absolute atomic E-state index is 2.75. The van der Waals surface area contributed by atoms with Crippen molar-refractivity contribution in [3.8, 4) is 0 Å². The van der Waals surface area contributed by atoms with E-state index in [2.05, 4.69) is 14.8 Å². The molecule has 3 rings (SSSR count). The fraction of sp³-hybridized carbons (Fsp3) is 1.00. The standard InChI is InChI=1S/C22H42B2/c1-20-14-8-7-11-18-22(24-20,19-13-12-15-20)21(23)16-9-5-3-2-4-6-10-17-21/h24H,2-19,23H2,1H3. The van der Waals surface area contributed by atoms with Crippen LogP contribution in [-0.4, -0.2) is 15.1 Å². The second-order valence-electron chi connectivity index (χ2n) is 10.6. The van der Waals surface area contributed by atoms with E-state index in [9.17, 15) is 0 Å². The molecule has 0 aromatic heterocycles. The third-order valence-corrected chi connectivity index (χ3v) is 8.62. The van der Waals surface area contributed by atoms with Gasteiger partial charge in [0, 0.05) is 0 Å². The zero-order valence-electron chi connectivity index (χ0n) is 16.9. The molecule has 3 fully saturated rings. The van der Waals surface area contributed by atoms with Crippen molar-refractivity contribution in [1.29, 1.82) is 0 Å². The van der Waals surface area contributed by atoms with E-state index in [1.807, 2.05) is 0 Å². The summed E-state index contributed by atoms with van der Waals surface area (Å²) in [5.41, 5.74) is 0. The van der Waals surface area contributed by atoms with Crippen molar-refractivity contribution in [2.75, 3.05) is 0 Å². The lowest BCUT2D eigenvalue weighted by atomic mass is 9.26. The number of rotatable bonds is 1. The summed E-state index contributed by atoms with van der Waals surface area (Å²) in [7, 11) is 4.32. The molecule has 1 aliphatic carbocycles. The summed E-state index contributed by atoms with van der Waals surface area (Å²) in [5, 5.41) is 1.97. The first-order chi connectivity index (χ1) is 11.6. The van der Waals surface area contributed by atoms with Crippen LogP contribution in [0.4, 0.5) is 0 Å². The second kappa shape index (κ2) is 8.22. The molecule has 2 heterocycles. The molecule has 1 saturated carbocycles. The fourth-order valence-corrected chi connectivity index (χ4v) is 7.01. The summed E-state index contributed by atoms with van der Waals surface area (Å²) < 4.78 is 0. The third-order valence-electron chi connectivity index (χ3n) is 8.62. The Morgan fingerprint density at radius 2 is 0.917 bits per heavy atom. The number of hydrogen-bond acceptors (Lipinski definition) is 0. The van der Waals surface area contributed by atoms with E-state index in [1.165, 1.54) is 103 Å². The SMILES string of the molecule is BC1(C23BC(C)(CCCCC2)CCCC3)CCCCCCCCC1. The van der Waals surface area contributed by atoms with Gasteiger partial charge in [-0.3, -0.25) is 0 Å². The van der Waals surface area contributed by atoms with E-state index in [4.69, 9.17) is 0 Å². The highest BCUT2D eigenvalue weighted by Gasteiger charge is 2.51. The molecular weight excluding hydrogens is 286 g/mol. The Morgan fingerprint density at radius 3 is 1.54 bits per heavy atom. The lowest BCUT2D eigenvalue weighted by Gasteiger charge is -2.54. The molecule has 2 aliphatic heterocycles. The molecule has 0 radical (unpaired) electrons. The molecule has 0 aromatic rings. The Kier molecular flexibility index (Phi) is 6.47. The zero-order chi connectivity index (χ0) is 16.9. The monoisotopic (exact) mass is 328 g/mol. The van der Waals surface area contributed by atoms with Crippen molar-refractivity contribution in [3.05, 3.63) is 0 Å². The normalized spacial score (nSPS) is 38.9. The maximum Gasteiger partial charge on any atom is 0.134 e. The Labute approximate surface area is 154 Å². The fourth-order valence-electron chi connectivity index (χ4n) is 7.01. The summed E-state index contributed by atoms with van der Waals surface area (Å²) in [4.78, 5) is 0. The molecule has 0 aromatic carbocycles. The van der Waals surface area contributed by atoms with E-state index in [0.29, 0.717) is 15.9 Å². The van der Waals surface area contributed by atoms with Crippen LogP contribution < -0.4 is 0 Å². The van der Waals surface area contributed by atoms with Crippen LogP contribution in [0.25, 0.3) is 0 Å². The van der Waals surface area contributed by atoms with Gasteiger partial charge in [-0.05, 0) is 0 Å². The van der Waals surface area contributed by atoms with Crippen LogP contribution in [0.3, 0.4) is 0 Å². The minimum absolute atomic E-state index is 0.632. The van der Waals surface area contributed by atoms with E-state index < -0.39 is 0 Å². The van der Waals surface area contributed by atoms with Gasteiger partial charge in [0.2, 0.25) is 0 Å². The highest BCUT2D eigenvalue weighted by Crippen LogP contribution is 2.67. The van der Waals surface area contributed by atoms with Gasteiger partial charge in [-0.25, -0.2) is 0 Å². The van der Waals surface area contributed by atoms with Gasteiger partial charge in [-0.15, -0.1) is 0 Å². The first-order valence-electron chi connectivity index (χ1n) is 11.6. The molecule has 0 spiro atoms. The lowest BCUT2D eigenvalue weighted by molar-refractivity contribution is 0.263. The molecule has 0 nitrogen and oxygen atoms in total. The molecule has 0 amide bonds. The van der Waals surface area contributed by atoms with E-state index in [0.717, 1.165) is 0 Å². The highest BCUT2D eigenvalue weighted by atomic mass is 14.5. The minimum Gasteiger partial charge on any atom is -0.0665 e. The summed E-state index contributed by atoms with van der Waals surface area (Å²) in [6, 6.07) is 0. The largest absolute Gasteiger partial charge is 0.134 e. The average Bonchev–Trinajstić information content (AvgIpc) is 2.74. The van der Waals surface area contributed by atoms with Crippen LogP contribution in [0.1, 0.15) is 122 Å². The van der Waals surface area contributed by atoms with Gasteiger partial charge in [0.05, 0.1) is 0 Å². The summed E-state index contributed by atoms with van der Waals surface area (Å²) in [5.74, 6) is 0. The van der Waals surface area contributed by atoms with Crippen LogP contribution in [0, 0.1) is 0 Å². The first-order valence-corrected chi connectivity index (χ1v) is 11.6. The molecule has 0 N–H and O–H groups in total. The quantitative estimate of drug-likeness (QED) is 0.475. The highest BCUT2D eigenvalue weighted by molar-refractivity contribution is 6.47. The summed E-state index contributed by atoms with van der Waals surface area (Å²) in [6.45, 7) is 2.67. The van der Waals surface area contributed by atoms with Gasteiger partial charge in [-0.2, -0.15) is 0 Å². The summed E-state index contributed by atoms with van der Waals surface area (Å²) >= 11 is 0. The molecule has 136 valence electrons. The molecule has 2 atom stereocenters. The molecule has 2 saturated heterocycles. The third kappa shape index (κ3) is 4.27. The lowest BCUT2D eigenvalue weighted by Crippen LogP contribution is -2.40. The first kappa shape index (κ1) is 18.9. The Balaban J connectivity index is 1.86. The van der Waals surface area contributed by atoms with Crippen molar-refractivity contribution >= 4 is 15.1 Å². The molecule has 3 aliphatic rings. The molecule has 2 bridgehead atoms. The van der Waals surface area contributed by atoms with Gasteiger partial charge < -0.3 is 0 Å². The molecule has 2 unspecified atom stereocenters. The predicted octanol–water partition coefficient (Wildman–Crippen LogP) is 6.61. The summed E-state index contributed by atoms with van der Waals surface area (Å²) in [6.07, 6.45) is 27.3. The smallest absolute Gasteiger partial charge is 0.0665 e. The van der Waals surface area contributed by atoms with Crippen molar-refractivity contribution in [3.63, 3.8) is 0 Å². The Bertz CT molecular complexity index is 383. The van der Waals surface area contributed by atoms with Crippen molar-refractivity contribution in [1.82, 2.24) is 0 Å². The van der Waals surface area contributed by atoms with Crippen LogP contribution in [0.2, 0.25) is 15.9 Å². The van der Waals surface area contributed by atoms with Crippen LogP contribution in [0.15, 0.2) is 0 Å². The van der Waals surface area contributed by atoms with Crippen LogP contribution in [-0.2, 0) is 0 Å². The number of hydrogen-bond donors (Lipinski definition) is 0. The molecule has 24 heavy (non-hydrogen) atoms. The van der Waals surface area contributed by atoms with E-state index in [-0.39, 0.29) is 0 Å². The van der Waals surface area contributed by atoms with Gasteiger partial charge in [-0.1, -0.05) is 138 Å². The number of fused-ring (bicyclic) bond motifs is 2. The second-order valence-corrected chi connectivity index (χ2v) is 10.6. The average molecular weight is 328 g/mol. The molecular formula is C22H42B2. The van der Waals surface area contributed by atoms with Crippen LogP contribution in [0.5, 0.6) is 0 Å². The van der Waals surface area contributed by atoms with Gasteiger partial charge in [0.15, 0.2) is 0 Å². The van der Waals surface area contributed by atoms with Crippen molar-refractivity contribution < 1.29 is 0 Å². The minimum atomic E-state index is 0.632. The van der Waals surface area contributed by atoms with Crippen molar-refractivity contribution in [2.24, 2.45) is 0 Å². The zero-order valence-corrected chi connectivity index (χ0v) is 16.9. The van der Waals surface area contributed by atoms with Gasteiger partial charge in [0.25, 0.3) is 0 Å². The van der Waals surface area contributed by atoms with E-state index >= 15 is 0 Å². The maximum atomic E-state index is 2.75. The van der Waals surface area contributed by atoms with Crippen molar-refractivity contribution in [2.45, 2.75) is 138 Å². The van der Waals surface area contributed by atoms with E-state index in [1.54, 1.807) is 20.1 Å². The topological polar surface area (TPSA) is 0 Å².